The van der Waals surface area contributed by atoms with Crippen LogP contribution in [-0.2, 0) is 76.8 Å². The van der Waals surface area contributed by atoms with Gasteiger partial charge in [0.1, 0.15) is 54.1 Å². The van der Waals surface area contributed by atoms with Gasteiger partial charge in [-0.2, -0.15) is 0 Å². The SMILES string of the molecule is CN=C(N)NCCC[C@H](NC(=O)[C@H](CC1CC1)NC(=O)CNC(=O)[C@H](CC1CCCCC1)NC(=O)[C@@H](NC(=O)[C@H](CC(N)=O)NC(=O)[C@H](CCCC(=O)O)NC(=O)[C@@H](Cc1ccc(O)cc1)NC(C)=O)[C@@H](C)O)C(=O)N[C@@H](Cc1c[nH]c2c1CCC=C2)C(N)=O. The highest BCUT2D eigenvalue weighted by Crippen LogP contribution is 2.34. The van der Waals surface area contributed by atoms with Crippen molar-refractivity contribution in [3.05, 3.63) is 58.9 Å². The van der Waals surface area contributed by atoms with Gasteiger partial charge >= 0.3 is 5.97 Å². The number of primary amides is 2. The summed E-state index contributed by atoms with van der Waals surface area (Å²) >= 11 is 0. The van der Waals surface area contributed by atoms with Crippen LogP contribution in [0.25, 0.3) is 6.08 Å². The summed E-state index contributed by atoms with van der Waals surface area (Å²) in [6, 6.07) is -5.76. The topological polar surface area (TPSA) is 492 Å². The van der Waals surface area contributed by atoms with Gasteiger partial charge in [0.25, 0.3) is 0 Å². The van der Waals surface area contributed by atoms with Gasteiger partial charge in [-0.05, 0) is 105 Å². The minimum atomic E-state index is -1.86. The Morgan fingerprint density at radius 2 is 1.21 bits per heavy atom. The lowest BCUT2D eigenvalue weighted by Gasteiger charge is -2.29. The molecule has 0 aliphatic heterocycles. The number of fused-ring (bicyclic) bond motifs is 1. The fourth-order valence-corrected chi connectivity index (χ4v) is 10.8. The zero-order chi connectivity index (χ0) is 66.0. The van der Waals surface area contributed by atoms with Gasteiger partial charge in [0.2, 0.25) is 65.0 Å². The van der Waals surface area contributed by atoms with Gasteiger partial charge in [0.05, 0.1) is 19.1 Å². The number of hydrogen-bond acceptors (Lipinski definition) is 15. The monoisotopic (exact) mass is 1260 g/mol. The molecule has 0 unspecified atom stereocenters. The summed E-state index contributed by atoms with van der Waals surface area (Å²) in [6.45, 7) is 1.88. The number of hydrogen-bond donors (Lipinski definition) is 17. The van der Waals surface area contributed by atoms with Crippen LogP contribution in [0.1, 0.15) is 139 Å². The summed E-state index contributed by atoms with van der Waals surface area (Å²) in [5.41, 5.74) is 20.3. The van der Waals surface area contributed by atoms with Crippen molar-refractivity contribution in [3.8, 4) is 5.75 Å². The number of amides is 11. The van der Waals surface area contributed by atoms with Crippen LogP contribution in [0.4, 0.5) is 0 Å². The molecule has 494 valence electrons. The second-order valence-corrected chi connectivity index (χ2v) is 23.3. The number of nitrogens with two attached hydrogens (primary N) is 3. The number of carbonyl (C=O) groups excluding carboxylic acids is 11. The maximum Gasteiger partial charge on any atom is 0.303 e. The van der Waals surface area contributed by atoms with E-state index in [1.54, 1.807) is 6.20 Å². The number of carboxylic acid groups (broad SMARTS) is 1. The second kappa shape index (κ2) is 35.8. The molecule has 1 heterocycles. The highest BCUT2D eigenvalue weighted by molar-refractivity contribution is 5.99. The second-order valence-electron chi connectivity index (χ2n) is 23.3. The third-order valence-electron chi connectivity index (χ3n) is 15.8. The van der Waals surface area contributed by atoms with E-state index in [0.717, 1.165) is 75.6 Å². The molecule has 1 aromatic heterocycles. The zero-order valence-electron chi connectivity index (χ0n) is 51.2. The van der Waals surface area contributed by atoms with Crippen LogP contribution in [0.15, 0.2) is 41.5 Å². The number of aliphatic hydroxyl groups is 1. The van der Waals surface area contributed by atoms with Crippen molar-refractivity contribution in [1.29, 1.82) is 0 Å². The zero-order valence-corrected chi connectivity index (χ0v) is 51.2. The number of nitrogens with zero attached hydrogens (tertiary/aromatic N) is 1. The molecule has 2 saturated carbocycles. The van der Waals surface area contributed by atoms with Crippen LogP contribution >= 0.6 is 0 Å². The van der Waals surface area contributed by atoms with Gasteiger partial charge in [0, 0.05) is 51.7 Å². The first-order chi connectivity index (χ1) is 42.8. The van der Waals surface area contributed by atoms with E-state index in [1.807, 2.05) is 12.2 Å². The molecular formula is C60H89N15O15. The highest BCUT2D eigenvalue weighted by atomic mass is 16.4. The molecule has 3 aliphatic rings. The normalized spacial score (nSPS) is 16.9. The van der Waals surface area contributed by atoms with E-state index in [9.17, 15) is 72.9 Å². The Morgan fingerprint density at radius 1 is 0.644 bits per heavy atom. The maximum atomic E-state index is 14.2. The molecule has 0 saturated heterocycles. The van der Waals surface area contributed by atoms with E-state index in [4.69, 9.17) is 17.2 Å². The smallest absolute Gasteiger partial charge is 0.303 e. The Kier molecular flexibility index (Phi) is 28.5. The molecule has 2 fully saturated rings. The average Bonchev–Trinajstić information content (AvgIpc) is 1.90. The molecule has 11 amide bonds. The molecule has 30 nitrogen and oxygen atoms in total. The van der Waals surface area contributed by atoms with E-state index in [1.165, 1.54) is 31.3 Å². The number of aromatic hydroxyl groups is 1. The number of aliphatic carboxylic acids is 1. The van der Waals surface area contributed by atoms with Crippen molar-refractivity contribution < 1.29 is 72.9 Å². The largest absolute Gasteiger partial charge is 0.508 e. The molecule has 2 aromatic rings. The van der Waals surface area contributed by atoms with E-state index in [0.29, 0.717) is 24.8 Å². The third-order valence-corrected chi connectivity index (χ3v) is 15.8. The lowest BCUT2D eigenvalue weighted by Crippen LogP contribution is -2.61. The predicted molar refractivity (Wildman–Crippen MR) is 327 cm³/mol. The Labute approximate surface area is 521 Å². The number of allylic oxidation sites excluding steroid dienone is 1. The highest BCUT2D eigenvalue weighted by Gasteiger charge is 2.38. The van der Waals surface area contributed by atoms with E-state index >= 15 is 0 Å². The molecule has 1 aromatic carbocycles. The molecule has 20 N–H and O–H groups in total. The molecule has 3 aliphatic carbocycles. The number of rotatable bonds is 37. The van der Waals surface area contributed by atoms with Gasteiger partial charge in [-0.3, -0.25) is 62.5 Å². The Hall–Kier alpha value is -9.09. The van der Waals surface area contributed by atoms with Crippen molar-refractivity contribution in [1.82, 2.24) is 58.2 Å². The van der Waals surface area contributed by atoms with Crippen LogP contribution in [0.3, 0.4) is 0 Å². The van der Waals surface area contributed by atoms with Crippen LogP contribution in [-0.4, -0.2) is 172 Å². The lowest BCUT2D eigenvalue weighted by molar-refractivity contribution is -0.138. The van der Waals surface area contributed by atoms with Crippen molar-refractivity contribution in [2.45, 2.75) is 190 Å². The van der Waals surface area contributed by atoms with Gasteiger partial charge in [-0.15, -0.1) is 0 Å². The summed E-state index contributed by atoms with van der Waals surface area (Å²) in [7, 11) is 1.49. The summed E-state index contributed by atoms with van der Waals surface area (Å²) in [4.78, 5) is 168. The predicted octanol–water partition coefficient (Wildman–Crippen LogP) is -2.44. The van der Waals surface area contributed by atoms with Crippen molar-refractivity contribution >= 4 is 83.0 Å². The van der Waals surface area contributed by atoms with Crippen molar-refractivity contribution in [3.63, 3.8) is 0 Å². The number of carboxylic acids is 1. The number of guanidine groups is 1. The van der Waals surface area contributed by atoms with Crippen LogP contribution in [0.5, 0.6) is 5.75 Å². The molecule has 0 bridgehead atoms. The van der Waals surface area contributed by atoms with Crippen LogP contribution < -0.4 is 70.4 Å². The Morgan fingerprint density at radius 3 is 1.80 bits per heavy atom. The first kappa shape index (κ1) is 71.7. The summed E-state index contributed by atoms with van der Waals surface area (Å²) in [5, 5.41) is 55.8. The van der Waals surface area contributed by atoms with Gasteiger partial charge in [-0.25, -0.2) is 0 Å². The number of phenolic OH excluding ortho intramolecular Hbond substituents is 1. The van der Waals surface area contributed by atoms with Crippen LogP contribution in [0, 0.1) is 11.8 Å². The van der Waals surface area contributed by atoms with Crippen LogP contribution in [0.2, 0.25) is 0 Å². The molecule has 0 spiro atoms. The fraction of sp³-hybridized carbons (Fsp3) is 0.583. The molecular weight excluding hydrogens is 1170 g/mol. The van der Waals surface area contributed by atoms with E-state index in [-0.39, 0.29) is 75.0 Å². The number of nitrogens with one attached hydrogen (secondary N) is 11. The molecule has 0 radical (unpaired) electrons. The fourth-order valence-electron chi connectivity index (χ4n) is 10.8. The van der Waals surface area contributed by atoms with Gasteiger partial charge < -0.3 is 90.7 Å². The summed E-state index contributed by atoms with van der Waals surface area (Å²) in [6.07, 6.45) is 9.88. The first-order valence-corrected chi connectivity index (χ1v) is 30.5. The molecule has 5 rings (SSSR count). The summed E-state index contributed by atoms with van der Waals surface area (Å²) < 4.78 is 0. The number of aromatic amines is 1. The Bertz CT molecular complexity index is 2920. The number of aliphatic hydroxyl groups excluding tert-OH is 1. The maximum absolute atomic E-state index is 14.2. The lowest BCUT2D eigenvalue weighted by atomic mass is 9.84. The van der Waals surface area contributed by atoms with Crippen molar-refractivity contribution in [2.75, 3.05) is 20.1 Å². The van der Waals surface area contributed by atoms with Gasteiger partial charge in [0.15, 0.2) is 5.96 Å². The van der Waals surface area contributed by atoms with Crippen molar-refractivity contribution in [2.24, 2.45) is 34.0 Å². The average molecular weight is 1260 g/mol. The molecule has 9 atom stereocenters. The number of aromatic nitrogens is 1. The summed E-state index contributed by atoms with van der Waals surface area (Å²) in [5.74, 6) is -11.0. The Balaban J connectivity index is 1.27. The quantitative estimate of drug-likeness (QED) is 0.0190. The third kappa shape index (κ3) is 24.5. The number of H-pyrrole nitrogens is 1. The van der Waals surface area contributed by atoms with E-state index in [2.05, 4.69) is 63.1 Å². The number of aliphatic imine (C=N–C) groups is 1. The van der Waals surface area contributed by atoms with Gasteiger partial charge in [-0.1, -0.05) is 63.2 Å². The molecule has 90 heavy (non-hydrogen) atoms. The number of benzene rings is 1. The minimum absolute atomic E-state index is 0.0588. The standard InChI is InChI=1S/C60H89N15O15/c1-32(76)51(75-58(89)47(29-48(61)79)73-55(86)41(15-9-17-50(81)82)70-56(87)45(68-33(2)77)26-36-20-22-38(78)23-21-36)59(90)74-44(25-34-11-5-4-6-12-34)53(84)67-31-49(80)69-46(27-35-18-19-35)57(88)71-42(16-10-24-65-60(63)64-3)54(85)72-43(52(62)83)28-37-30-66-40-14-8-7-13-39(37)40/h8,14,20-23,30,32,34-35,41-47,51,66,76,78H,4-7,9-13,15-19,24-29,31H2,1-3H3,(H2,61,79)(H2,62,83)(H,67,84)(H,68,77)(H,69,80)(H,70,87)(H,71,88)(H,72,85)(H,73,86)(H,74,90)(H,75,89)(H,81,82)(H3,63,64,65)/t32-,41+,42+,43+,44+,45-,46+,47+,51+/m1/s1. The number of carbonyl (C=O) groups is 12. The molecule has 30 heteroatoms. The minimum Gasteiger partial charge on any atom is -0.508 e. The first-order valence-electron chi connectivity index (χ1n) is 30.5. The number of phenols is 1. The van der Waals surface area contributed by atoms with E-state index < -0.39 is 145 Å².